The van der Waals surface area contributed by atoms with Crippen LogP contribution in [0.15, 0.2) is 36.4 Å². The number of nitrogens with one attached hydrogen (secondary N) is 1. The standard InChI is InChI=1S/C23H25FN4O2S/c1-14-10-19(27-23-26-15(2)16(3)31-23)12-20(25-14)21-13-28(8-9-30-21)22(29)11-17-4-6-18(24)7-5-17/h4-7,10,12,21H,8-9,11,13H2,1-3H3,(H,25,26,27). The number of carbonyl (C=O) groups is 1. The highest BCUT2D eigenvalue weighted by molar-refractivity contribution is 7.15. The number of rotatable bonds is 5. The number of anilines is 2. The fourth-order valence-corrected chi connectivity index (χ4v) is 4.36. The van der Waals surface area contributed by atoms with Crippen molar-refractivity contribution in [2.45, 2.75) is 33.3 Å². The third-order valence-electron chi connectivity index (χ3n) is 5.27. The van der Waals surface area contributed by atoms with Gasteiger partial charge < -0.3 is 15.0 Å². The molecule has 4 rings (SSSR count). The highest BCUT2D eigenvalue weighted by Crippen LogP contribution is 2.28. The Morgan fingerprint density at radius 2 is 2.00 bits per heavy atom. The molecule has 1 N–H and O–H groups in total. The number of thiazole rings is 1. The van der Waals surface area contributed by atoms with Gasteiger partial charge in [-0.3, -0.25) is 9.78 Å². The van der Waals surface area contributed by atoms with E-state index in [0.717, 1.165) is 33.5 Å². The Bertz CT molecular complexity index is 1060. The van der Waals surface area contributed by atoms with Crippen LogP contribution in [0.3, 0.4) is 0 Å². The van der Waals surface area contributed by atoms with Crippen molar-refractivity contribution in [1.82, 2.24) is 14.9 Å². The van der Waals surface area contributed by atoms with Crippen molar-refractivity contribution in [3.63, 3.8) is 0 Å². The zero-order chi connectivity index (χ0) is 22.0. The SMILES string of the molecule is Cc1cc(Nc2nc(C)c(C)s2)cc(C2CN(C(=O)Cc3ccc(F)cc3)CCO2)n1. The maximum absolute atomic E-state index is 13.1. The second kappa shape index (κ2) is 9.11. The minimum atomic E-state index is -0.305. The highest BCUT2D eigenvalue weighted by Gasteiger charge is 2.27. The predicted molar refractivity (Wildman–Crippen MR) is 119 cm³/mol. The van der Waals surface area contributed by atoms with Crippen molar-refractivity contribution in [1.29, 1.82) is 0 Å². The maximum atomic E-state index is 13.1. The van der Waals surface area contributed by atoms with Crippen LogP contribution in [0, 0.1) is 26.6 Å². The van der Waals surface area contributed by atoms with E-state index in [-0.39, 0.29) is 24.2 Å². The number of benzene rings is 1. The summed E-state index contributed by atoms with van der Waals surface area (Å²) in [6.07, 6.45) is -0.0600. The van der Waals surface area contributed by atoms with Gasteiger partial charge in [0.2, 0.25) is 5.91 Å². The summed E-state index contributed by atoms with van der Waals surface area (Å²) in [6.45, 7) is 7.40. The monoisotopic (exact) mass is 440 g/mol. The Morgan fingerprint density at radius 3 is 2.71 bits per heavy atom. The minimum absolute atomic E-state index is 0.000328. The number of pyridine rings is 1. The molecule has 0 radical (unpaired) electrons. The topological polar surface area (TPSA) is 67.4 Å². The first-order chi connectivity index (χ1) is 14.9. The molecule has 1 aliphatic heterocycles. The average molecular weight is 441 g/mol. The molecule has 1 unspecified atom stereocenters. The molecular formula is C23H25FN4O2S. The van der Waals surface area contributed by atoms with Crippen LogP contribution in [0.4, 0.5) is 15.2 Å². The minimum Gasteiger partial charge on any atom is -0.368 e. The predicted octanol–water partition coefficient (Wildman–Crippen LogP) is 4.49. The van der Waals surface area contributed by atoms with Crippen LogP contribution < -0.4 is 5.32 Å². The van der Waals surface area contributed by atoms with E-state index in [9.17, 15) is 9.18 Å². The van der Waals surface area contributed by atoms with Crippen molar-refractivity contribution < 1.29 is 13.9 Å². The van der Waals surface area contributed by atoms with Gasteiger partial charge in [-0.05, 0) is 50.6 Å². The lowest BCUT2D eigenvalue weighted by molar-refractivity contribution is -0.138. The van der Waals surface area contributed by atoms with Crippen LogP contribution in [0.1, 0.15) is 33.6 Å². The van der Waals surface area contributed by atoms with E-state index in [1.807, 2.05) is 26.0 Å². The molecule has 162 valence electrons. The molecule has 1 amide bonds. The van der Waals surface area contributed by atoms with Gasteiger partial charge in [0.1, 0.15) is 11.9 Å². The molecule has 1 aliphatic rings. The van der Waals surface area contributed by atoms with Gasteiger partial charge in [0.05, 0.1) is 31.0 Å². The van der Waals surface area contributed by atoms with Crippen molar-refractivity contribution in [3.05, 3.63) is 69.7 Å². The molecule has 1 fully saturated rings. The van der Waals surface area contributed by atoms with E-state index >= 15 is 0 Å². The zero-order valence-corrected chi connectivity index (χ0v) is 18.6. The number of nitrogens with zero attached hydrogens (tertiary/aromatic N) is 3. The Labute approximate surface area is 185 Å². The molecule has 8 heteroatoms. The molecule has 0 bridgehead atoms. The number of hydrogen-bond acceptors (Lipinski definition) is 6. The summed E-state index contributed by atoms with van der Waals surface area (Å²) >= 11 is 1.61. The smallest absolute Gasteiger partial charge is 0.227 e. The van der Waals surface area contributed by atoms with Gasteiger partial charge in [-0.25, -0.2) is 9.37 Å². The lowest BCUT2D eigenvalue weighted by Gasteiger charge is -2.33. The quantitative estimate of drug-likeness (QED) is 0.633. The third kappa shape index (κ3) is 5.26. The first-order valence-electron chi connectivity index (χ1n) is 10.2. The van der Waals surface area contributed by atoms with Crippen molar-refractivity contribution in [2.24, 2.45) is 0 Å². The Kier molecular flexibility index (Phi) is 6.29. The Morgan fingerprint density at radius 1 is 1.23 bits per heavy atom. The van der Waals surface area contributed by atoms with Gasteiger partial charge >= 0.3 is 0 Å². The number of ether oxygens (including phenoxy) is 1. The van der Waals surface area contributed by atoms with Gasteiger partial charge in [-0.1, -0.05) is 12.1 Å². The van der Waals surface area contributed by atoms with Crippen molar-refractivity contribution >= 4 is 28.1 Å². The van der Waals surface area contributed by atoms with E-state index in [1.165, 1.54) is 17.0 Å². The van der Waals surface area contributed by atoms with E-state index in [4.69, 9.17) is 4.74 Å². The number of aryl methyl sites for hydroxylation is 3. The number of halogens is 1. The Hall–Kier alpha value is -2.84. The molecule has 1 aromatic carbocycles. The van der Waals surface area contributed by atoms with Crippen LogP contribution in [-0.2, 0) is 16.0 Å². The molecule has 0 spiro atoms. The number of morpholine rings is 1. The molecule has 1 saturated heterocycles. The molecule has 1 atom stereocenters. The van der Waals surface area contributed by atoms with Crippen LogP contribution in [-0.4, -0.2) is 40.5 Å². The number of aromatic nitrogens is 2. The average Bonchev–Trinajstić information content (AvgIpc) is 3.06. The zero-order valence-electron chi connectivity index (χ0n) is 17.8. The first kappa shape index (κ1) is 21.4. The second-order valence-electron chi connectivity index (χ2n) is 7.71. The van der Waals surface area contributed by atoms with Crippen LogP contribution in [0.2, 0.25) is 0 Å². The molecule has 0 aliphatic carbocycles. The number of amides is 1. The lowest BCUT2D eigenvalue weighted by atomic mass is 10.1. The van der Waals surface area contributed by atoms with Crippen molar-refractivity contribution in [3.8, 4) is 0 Å². The summed E-state index contributed by atoms with van der Waals surface area (Å²) in [5.41, 5.74) is 4.36. The van der Waals surface area contributed by atoms with Gasteiger partial charge in [-0.2, -0.15) is 0 Å². The van der Waals surface area contributed by atoms with E-state index in [0.29, 0.717) is 19.7 Å². The summed E-state index contributed by atoms with van der Waals surface area (Å²) in [7, 11) is 0. The molecule has 0 saturated carbocycles. The summed E-state index contributed by atoms with van der Waals surface area (Å²) < 4.78 is 19.1. The maximum Gasteiger partial charge on any atom is 0.227 e. The van der Waals surface area contributed by atoms with E-state index in [2.05, 4.69) is 22.2 Å². The fraction of sp³-hybridized carbons (Fsp3) is 0.348. The summed E-state index contributed by atoms with van der Waals surface area (Å²) in [6, 6.07) is 9.97. The molecule has 3 aromatic rings. The molecular weight excluding hydrogens is 415 g/mol. The molecule has 6 nitrogen and oxygen atoms in total. The lowest BCUT2D eigenvalue weighted by Crippen LogP contribution is -2.43. The van der Waals surface area contributed by atoms with Crippen molar-refractivity contribution in [2.75, 3.05) is 25.0 Å². The van der Waals surface area contributed by atoms with Crippen LogP contribution >= 0.6 is 11.3 Å². The van der Waals surface area contributed by atoms with Gasteiger partial charge in [0.15, 0.2) is 5.13 Å². The summed E-state index contributed by atoms with van der Waals surface area (Å²) in [5.74, 6) is -0.305. The first-order valence-corrected chi connectivity index (χ1v) is 11.0. The number of hydrogen-bond donors (Lipinski definition) is 1. The largest absolute Gasteiger partial charge is 0.368 e. The third-order valence-corrected chi connectivity index (χ3v) is 6.26. The van der Waals surface area contributed by atoms with Crippen LogP contribution in [0.25, 0.3) is 0 Å². The molecule has 3 heterocycles. The van der Waals surface area contributed by atoms with Crippen LogP contribution in [0.5, 0.6) is 0 Å². The molecule has 31 heavy (non-hydrogen) atoms. The molecule has 2 aromatic heterocycles. The normalized spacial score (nSPS) is 16.4. The van der Waals surface area contributed by atoms with E-state index < -0.39 is 0 Å². The van der Waals surface area contributed by atoms with Gasteiger partial charge in [0.25, 0.3) is 0 Å². The van der Waals surface area contributed by atoms with E-state index in [1.54, 1.807) is 28.4 Å². The summed E-state index contributed by atoms with van der Waals surface area (Å²) in [4.78, 5) is 24.9. The second-order valence-corrected chi connectivity index (χ2v) is 8.91. The van der Waals surface area contributed by atoms with Gasteiger partial charge in [-0.15, -0.1) is 11.3 Å². The Balaban J connectivity index is 1.46. The highest BCUT2D eigenvalue weighted by atomic mass is 32.1. The fourth-order valence-electron chi connectivity index (χ4n) is 3.52. The summed E-state index contributed by atoms with van der Waals surface area (Å²) in [5, 5.41) is 4.20. The van der Waals surface area contributed by atoms with Gasteiger partial charge in [0, 0.05) is 22.8 Å². The number of carbonyl (C=O) groups excluding carboxylic acids is 1.